The zero-order valence-corrected chi connectivity index (χ0v) is 17.5. The second kappa shape index (κ2) is 7.81. The van der Waals surface area contributed by atoms with Crippen molar-refractivity contribution in [2.75, 3.05) is 5.75 Å². The molecular weight excluding hydrogens is 467 g/mol. The predicted molar refractivity (Wildman–Crippen MR) is 101 cm³/mol. The predicted octanol–water partition coefficient (Wildman–Crippen LogP) is 3.55. The first kappa shape index (κ1) is 21.6. The summed E-state index contributed by atoms with van der Waals surface area (Å²) in [6.45, 7) is 9.49. The van der Waals surface area contributed by atoms with Gasteiger partial charge in [0.1, 0.15) is 23.0 Å². The summed E-state index contributed by atoms with van der Waals surface area (Å²) in [6, 6.07) is 4.37. The number of hydrogen-bond acceptors (Lipinski definition) is 5. The monoisotopic (exact) mass is 488 g/mol. The van der Waals surface area contributed by atoms with Crippen molar-refractivity contribution < 1.29 is 23.9 Å². The quantitative estimate of drug-likeness (QED) is 0.342. The van der Waals surface area contributed by atoms with Crippen molar-refractivity contribution >= 4 is 43.2 Å². The van der Waals surface area contributed by atoms with E-state index in [1.54, 1.807) is 6.07 Å². The highest BCUT2D eigenvalue weighted by atomic mass is 127. The fraction of sp³-hybridized carbons (Fsp3) is 0.467. The van der Waals surface area contributed by atoms with Crippen molar-refractivity contribution in [2.24, 2.45) is 0 Å². The highest BCUT2D eigenvalue weighted by Crippen LogP contribution is 2.38. The number of allylic oxidation sites excluding steroid dienone is 1. The van der Waals surface area contributed by atoms with Gasteiger partial charge in [0.05, 0.1) is 10.6 Å². The average molecular weight is 488 g/mol. The molecule has 0 aliphatic carbocycles. The van der Waals surface area contributed by atoms with Gasteiger partial charge in [0.25, 0.3) is 20.2 Å². The fourth-order valence-electron chi connectivity index (χ4n) is 2.57. The summed E-state index contributed by atoms with van der Waals surface area (Å²) in [4.78, 5) is -0.196. The Morgan fingerprint density at radius 1 is 1.33 bits per heavy atom. The summed E-state index contributed by atoms with van der Waals surface area (Å²) in [6.07, 6.45) is 0.765. The Hall–Kier alpha value is -0.490. The van der Waals surface area contributed by atoms with Crippen LogP contribution >= 0.6 is 23.0 Å². The Bertz CT molecular complexity index is 830. The minimum Gasteiger partial charge on any atom is -0.282 e. The van der Waals surface area contributed by atoms with Gasteiger partial charge in [-0.2, -0.15) is 19.3 Å². The smallest absolute Gasteiger partial charge is 0.282 e. The highest BCUT2D eigenvalue weighted by Gasteiger charge is 2.30. The molecule has 0 aliphatic heterocycles. The van der Waals surface area contributed by atoms with E-state index >= 15 is 0 Å². The fourth-order valence-corrected chi connectivity index (χ4v) is 4.18. The minimum absolute atomic E-state index is 0.143. The van der Waals surface area contributed by atoms with E-state index in [4.69, 9.17) is 0 Å². The molecule has 0 saturated carbocycles. The molecule has 0 aliphatic rings. The van der Waals surface area contributed by atoms with Crippen LogP contribution < -0.4 is 0 Å². The molecule has 0 heterocycles. The molecule has 1 unspecified atom stereocenters. The number of aryl methyl sites for hydroxylation is 1. The second-order valence-corrected chi connectivity index (χ2v) is 10.1. The molecule has 0 aromatic heterocycles. The van der Waals surface area contributed by atoms with Crippen LogP contribution in [0.25, 0.3) is 0 Å². The zero-order chi connectivity index (χ0) is 18.8. The van der Waals surface area contributed by atoms with E-state index < -0.39 is 25.7 Å². The van der Waals surface area contributed by atoms with Crippen molar-refractivity contribution in [3.05, 3.63) is 41.5 Å². The van der Waals surface area contributed by atoms with E-state index in [9.17, 15) is 21.4 Å². The molecule has 9 heteroatoms. The van der Waals surface area contributed by atoms with E-state index in [-0.39, 0.29) is 10.6 Å². The standard InChI is InChI=1S/C15H21IO6S2/c1-11(2)15(4,8-5-9-23(17,18)22-16)14-10-13(24(19,20)21)7-6-12(14)3/h6-7,10H,1,5,8-9H2,2-4H3,(H,19,20,21). The molecular formula is C15H21IO6S2. The van der Waals surface area contributed by atoms with Crippen molar-refractivity contribution in [1.29, 1.82) is 0 Å². The van der Waals surface area contributed by atoms with Crippen molar-refractivity contribution in [2.45, 2.75) is 43.9 Å². The van der Waals surface area contributed by atoms with Crippen LogP contribution in [0.1, 0.15) is 37.8 Å². The lowest BCUT2D eigenvalue weighted by Gasteiger charge is -2.33. The van der Waals surface area contributed by atoms with E-state index in [1.807, 2.05) is 20.8 Å². The molecule has 0 bridgehead atoms. The molecule has 0 fully saturated rings. The van der Waals surface area contributed by atoms with Gasteiger partial charge in [-0.1, -0.05) is 25.1 Å². The van der Waals surface area contributed by atoms with Crippen molar-refractivity contribution in [3.63, 3.8) is 0 Å². The Balaban J connectivity index is 3.27. The lowest BCUT2D eigenvalue weighted by atomic mass is 9.72. The molecule has 6 nitrogen and oxygen atoms in total. The van der Waals surface area contributed by atoms with Crippen LogP contribution in [-0.2, 0) is 28.2 Å². The van der Waals surface area contributed by atoms with Gasteiger partial charge >= 0.3 is 0 Å². The van der Waals surface area contributed by atoms with Gasteiger partial charge in [0, 0.05) is 5.41 Å². The molecule has 136 valence electrons. The third kappa shape index (κ3) is 5.25. The Kier molecular flexibility index (Phi) is 7.02. The largest absolute Gasteiger partial charge is 0.294 e. The zero-order valence-electron chi connectivity index (χ0n) is 13.7. The normalized spacial score (nSPS) is 15.0. The molecule has 1 N–H and O–H groups in total. The molecule has 1 atom stereocenters. The third-order valence-corrected chi connectivity index (χ3v) is 7.68. The number of benzene rings is 1. The van der Waals surface area contributed by atoms with Crippen molar-refractivity contribution in [3.8, 4) is 0 Å². The lowest BCUT2D eigenvalue weighted by Crippen LogP contribution is -2.26. The van der Waals surface area contributed by atoms with Crippen LogP contribution in [0.3, 0.4) is 0 Å². The first-order valence-electron chi connectivity index (χ1n) is 7.11. The number of halogens is 1. The van der Waals surface area contributed by atoms with Crippen LogP contribution in [0, 0.1) is 6.92 Å². The molecule has 0 amide bonds. The van der Waals surface area contributed by atoms with Gasteiger partial charge in [-0.3, -0.25) is 4.55 Å². The van der Waals surface area contributed by atoms with Gasteiger partial charge in [-0.25, -0.2) is 0 Å². The third-order valence-electron chi connectivity index (χ3n) is 4.21. The van der Waals surface area contributed by atoms with Gasteiger partial charge in [0.2, 0.25) is 0 Å². The summed E-state index contributed by atoms with van der Waals surface area (Å²) in [5, 5.41) is 0. The van der Waals surface area contributed by atoms with E-state index in [1.165, 1.54) is 35.1 Å². The Morgan fingerprint density at radius 2 is 1.92 bits per heavy atom. The van der Waals surface area contributed by atoms with Gasteiger partial charge in [-0.05, 0) is 49.9 Å². The van der Waals surface area contributed by atoms with Crippen LogP contribution in [-0.4, -0.2) is 27.1 Å². The van der Waals surface area contributed by atoms with Crippen LogP contribution in [0.4, 0.5) is 0 Å². The van der Waals surface area contributed by atoms with Crippen LogP contribution in [0.2, 0.25) is 0 Å². The lowest BCUT2D eigenvalue weighted by molar-refractivity contribution is 0.478. The Labute approximate surface area is 157 Å². The first-order chi connectivity index (χ1) is 10.8. The Morgan fingerprint density at radius 3 is 2.38 bits per heavy atom. The average Bonchev–Trinajstić information content (AvgIpc) is 2.45. The summed E-state index contributed by atoms with van der Waals surface area (Å²) in [5.74, 6) is -0.143. The van der Waals surface area contributed by atoms with Crippen LogP contribution in [0.5, 0.6) is 0 Å². The van der Waals surface area contributed by atoms with Gasteiger partial charge in [0.15, 0.2) is 0 Å². The topological polar surface area (TPSA) is 97.7 Å². The molecule has 1 rings (SSSR count). The summed E-state index contributed by atoms with van der Waals surface area (Å²) < 4.78 is 59.5. The molecule has 0 radical (unpaired) electrons. The highest BCUT2D eigenvalue weighted by molar-refractivity contribution is 14.1. The maximum Gasteiger partial charge on any atom is 0.294 e. The minimum atomic E-state index is -4.32. The van der Waals surface area contributed by atoms with E-state index in [2.05, 4.69) is 9.09 Å². The summed E-state index contributed by atoms with van der Waals surface area (Å²) >= 11 is 1.33. The second-order valence-electron chi connectivity index (χ2n) is 5.99. The summed E-state index contributed by atoms with van der Waals surface area (Å²) in [5.41, 5.74) is 1.66. The first-order valence-corrected chi connectivity index (χ1v) is 11.0. The maximum atomic E-state index is 11.5. The molecule has 24 heavy (non-hydrogen) atoms. The van der Waals surface area contributed by atoms with E-state index in [0.717, 1.165) is 11.1 Å². The molecule has 1 aromatic rings. The number of hydrogen-bond donors (Lipinski definition) is 1. The maximum absolute atomic E-state index is 11.5. The van der Waals surface area contributed by atoms with Gasteiger partial charge < -0.3 is 0 Å². The molecule has 1 aromatic carbocycles. The van der Waals surface area contributed by atoms with Crippen molar-refractivity contribution in [1.82, 2.24) is 0 Å². The molecule has 0 saturated heterocycles. The van der Waals surface area contributed by atoms with E-state index in [0.29, 0.717) is 18.4 Å². The van der Waals surface area contributed by atoms with Crippen LogP contribution in [0.15, 0.2) is 35.2 Å². The summed E-state index contributed by atoms with van der Waals surface area (Å²) in [7, 11) is -7.89. The SMILES string of the molecule is C=C(C)C(C)(CCCS(=O)(=O)OI)c1cc(S(=O)(=O)O)ccc1C. The molecule has 0 spiro atoms. The van der Waals surface area contributed by atoms with Gasteiger partial charge in [-0.15, -0.1) is 0 Å². The number of rotatable bonds is 8.